The Hall–Kier alpha value is -1.88. The molecule has 0 spiro atoms. The first-order valence-electron chi connectivity index (χ1n) is 8.31. The molecule has 2 aromatic rings. The molecule has 1 aromatic heterocycles. The highest BCUT2D eigenvalue weighted by Gasteiger charge is 2.23. The minimum atomic E-state index is 0.129. The molecule has 5 heteroatoms. The first kappa shape index (κ1) is 13.8. The van der Waals surface area contributed by atoms with Crippen LogP contribution in [0.1, 0.15) is 43.8 Å². The van der Waals surface area contributed by atoms with Crippen LogP contribution in [-0.2, 0) is 4.79 Å². The molecule has 0 atom stereocenters. The maximum absolute atomic E-state index is 12.3. The van der Waals surface area contributed by atoms with E-state index in [1.54, 1.807) is 0 Å². The van der Waals surface area contributed by atoms with Crippen LogP contribution in [0.2, 0.25) is 0 Å². The van der Waals surface area contributed by atoms with E-state index in [1.165, 1.54) is 19.3 Å². The molecule has 0 radical (unpaired) electrons. The Morgan fingerprint density at radius 1 is 1.18 bits per heavy atom. The zero-order valence-corrected chi connectivity index (χ0v) is 12.7. The number of rotatable bonds is 3. The number of hydrogen-bond acceptors (Lipinski definition) is 3. The summed E-state index contributed by atoms with van der Waals surface area (Å²) in [5.74, 6) is 1.96. The number of amides is 1. The fraction of sp³-hybridized carbons (Fsp3) is 0.529. The van der Waals surface area contributed by atoms with Crippen LogP contribution in [0.5, 0.6) is 0 Å². The first-order chi connectivity index (χ1) is 10.8. The van der Waals surface area contributed by atoms with Gasteiger partial charge in [0.15, 0.2) is 0 Å². The molecule has 1 aliphatic carbocycles. The minimum Gasteiger partial charge on any atom is -0.342 e. The van der Waals surface area contributed by atoms with Gasteiger partial charge in [-0.3, -0.25) is 4.79 Å². The third kappa shape index (κ3) is 2.61. The molecule has 1 saturated heterocycles. The van der Waals surface area contributed by atoms with Gasteiger partial charge in [0.25, 0.3) is 0 Å². The molecule has 1 aromatic carbocycles. The van der Waals surface area contributed by atoms with E-state index in [4.69, 9.17) is 0 Å². The lowest BCUT2D eigenvalue weighted by molar-refractivity contribution is -0.120. The van der Waals surface area contributed by atoms with E-state index in [0.29, 0.717) is 5.92 Å². The number of nitrogens with one attached hydrogen (secondary N) is 3. The summed E-state index contributed by atoms with van der Waals surface area (Å²) in [6.07, 6.45) is 5.62. The summed E-state index contributed by atoms with van der Waals surface area (Å²) in [5, 5.41) is 6.34. The predicted octanol–water partition coefficient (Wildman–Crippen LogP) is 2.77. The van der Waals surface area contributed by atoms with Gasteiger partial charge in [-0.15, -0.1) is 0 Å². The summed E-state index contributed by atoms with van der Waals surface area (Å²) < 4.78 is 0. The lowest BCUT2D eigenvalue weighted by Gasteiger charge is -2.22. The number of carbonyl (C=O) groups is 1. The number of H-pyrrole nitrogens is 1. The van der Waals surface area contributed by atoms with Gasteiger partial charge in [0, 0.05) is 17.5 Å². The molecule has 1 saturated carbocycles. The van der Waals surface area contributed by atoms with Gasteiger partial charge in [-0.05, 0) is 57.0 Å². The van der Waals surface area contributed by atoms with Crippen LogP contribution < -0.4 is 10.6 Å². The summed E-state index contributed by atoms with van der Waals surface area (Å²) in [6.45, 7) is 1.87. The quantitative estimate of drug-likeness (QED) is 0.816. The van der Waals surface area contributed by atoms with Crippen molar-refractivity contribution < 1.29 is 4.79 Å². The molecule has 5 nitrogen and oxygen atoms in total. The molecule has 0 bridgehead atoms. The van der Waals surface area contributed by atoms with Gasteiger partial charge in [-0.1, -0.05) is 6.42 Å². The highest BCUT2D eigenvalue weighted by atomic mass is 16.1. The lowest BCUT2D eigenvalue weighted by atomic mass is 9.85. The number of piperidine rings is 1. The molecule has 0 unspecified atom stereocenters. The maximum Gasteiger partial charge on any atom is 0.227 e. The van der Waals surface area contributed by atoms with Crippen molar-refractivity contribution in [2.75, 3.05) is 18.4 Å². The van der Waals surface area contributed by atoms with Gasteiger partial charge < -0.3 is 15.6 Å². The Kier molecular flexibility index (Phi) is 3.58. The van der Waals surface area contributed by atoms with E-state index in [0.717, 1.165) is 48.5 Å². The smallest absolute Gasteiger partial charge is 0.227 e. The van der Waals surface area contributed by atoms with Gasteiger partial charge in [0.05, 0.1) is 11.0 Å². The summed E-state index contributed by atoms with van der Waals surface area (Å²) in [4.78, 5) is 20.4. The summed E-state index contributed by atoms with van der Waals surface area (Å²) >= 11 is 0. The monoisotopic (exact) mass is 298 g/mol. The Balaban J connectivity index is 1.50. The number of aromatic nitrogens is 2. The Morgan fingerprint density at radius 2 is 2.00 bits per heavy atom. The van der Waals surface area contributed by atoms with Crippen molar-refractivity contribution in [2.24, 2.45) is 5.92 Å². The second-order valence-electron chi connectivity index (χ2n) is 6.50. The van der Waals surface area contributed by atoms with Crippen molar-refractivity contribution >= 4 is 22.6 Å². The average Bonchev–Trinajstić information content (AvgIpc) is 2.88. The van der Waals surface area contributed by atoms with E-state index in [1.807, 2.05) is 18.2 Å². The van der Waals surface area contributed by atoms with Gasteiger partial charge in [0.2, 0.25) is 5.91 Å². The Labute approximate surface area is 129 Å². The Bertz CT molecular complexity index is 683. The van der Waals surface area contributed by atoms with E-state index < -0.39 is 0 Å². The maximum atomic E-state index is 12.3. The fourth-order valence-electron chi connectivity index (χ4n) is 3.31. The van der Waals surface area contributed by atoms with Crippen LogP contribution in [0.3, 0.4) is 0 Å². The molecule has 116 valence electrons. The summed E-state index contributed by atoms with van der Waals surface area (Å²) in [5.41, 5.74) is 2.87. The summed E-state index contributed by atoms with van der Waals surface area (Å²) in [7, 11) is 0. The number of hydrogen-bond donors (Lipinski definition) is 3. The normalized spacial score (nSPS) is 20.0. The second kappa shape index (κ2) is 5.72. The molecule has 1 amide bonds. The minimum absolute atomic E-state index is 0.129. The first-order valence-corrected chi connectivity index (χ1v) is 8.31. The molecular formula is C17H22N4O. The number of fused-ring (bicyclic) bond motifs is 1. The molecule has 1 aliphatic heterocycles. The number of benzene rings is 1. The predicted molar refractivity (Wildman–Crippen MR) is 86.9 cm³/mol. The SMILES string of the molecule is O=C(Nc1ccc2nc(C3CCC3)[nH]c2c1)C1CCNCC1. The standard InChI is InChI=1S/C17H22N4O/c22-17(12-6-8-18-9-7-12)19-13-4-5-14-15(10-13)21-16(20-14)11-2-1-3-11/h4-5,10-12,18H,1-3,6-9H2,(H,19,22)(H,20,21). The highest BCUT2D eigenvalue weighted by Crippen LogP contribution is 2.35. The van der Waals surface area contributed by atoms with E-state index >= 15 is 0 Å². The van der Waals surface area contributed by atoms with Crippen molar-refractivity contribution in [2.45, 2.75) is 38.0 Å². The number of imidazole rings is 1. The molecule has 2 fully saturated rings. The van der Waals surface area contributed by atoms with E-state index in [-0.39, 0.29) is 11.8 Å². The van der Waals surface area contributed by atoms with Crippen molar-refractivity contribution in [3.8, 4) is 0 Å². The number of aromatic amines is 1. The van der Waals surface area contributed by atoms with Gasteiger partial charge >= 0.3 is 0 Å². The van der Waals surface area contributed by atoms with Crippen LogP contribution in [-0.4, -0.2) is 29.0 Å². The number of carbonyl (C=O) groups excluding carboxylic acids is 1. The number of anilines is 1. The van der Waals surface area contributed by atoms with Crippen molar-refractivity contribution in [1.82, 2.24) is 15.3 Å². The second-order valence-corrected chi connectivity index (χ2v) is 6.50. The zero-order valence-electron chi connectivity index (χ0n) is 12.7. The topological polar surface area (TPSA) is 69.8 Å². The molecule has 2 heterocycles. The third-order valence-electron chi connectivity index (χ3n) is 4.97. The van der Waals surface area contributed by atoms with Crippen LogP contribution >= 0.6 is 0 Å². The fourth-order valence-corrected chi connectivity index (χ4v) is 3.31. The molecule has 4 rings (SSSR count). The largest absolute Gasteiger partial charge is 0.342 e. The molecular weight excluding hydrogens is 276 g/mol. The van der Waals surface area contributed by atoms with E-state index in [2.05, 4.69) is 20.6 Å². The van der Waals surface area contributed by atoms with Crippen LogP contribution in [0.4, 0.5) is 5.69 Å². The molecule has 22 heavy (non-hydrogen) atoms. The van der Waals surface area contributed by atoms with Crippen molar-refractivity contribution in [3.63, 3.8) is 0 Å². The van der Waals surface area contributed by atoms with Crippen LogP contribution in [0.15, 0.2) is 18.2 Å². The average molecular weight is 298 g/mol. The van der Waals surface area contributed by atoms with Crippen molar-refractivity contribution in [1.29, 1.82) is 0 Å². The number of nitrogens with zero attached hydrogens (tertiary/aromatic N) is 1. The molecule has 3 N–H and O–H groups in total. The van der Waals surface area contributed by atoms with Gasteiger partial charge in [-0.2, -0.15) is 0 Å². The van der Waals surface area contributed by atoms with Gasteiger partial charge in [-0.25, -0.2) is 4.98 Å². The van der Waals surface area contributed by atoms with Crippen LogP contribution in [0.25, 0.3) is 11.0 Å². The lowest BCUT2D eigenvalue weighted by Crippen LogP contribution is -2.34. The Morgan fingerprint density at radius 3 is 2.73 bits per heavy atom. The third-order valence-corrected chi connectivity index (χ3v) is 4.97. The van der Waals surface area contributed by atoms with Crippen molar-refractivity contribution in [3.05, 3.63) is 24.0 Å². The van der Waals surface area contributed by atoms with Gasteiger partial charge in [0.1, 0.15) is 5.82 Å². The summed E-state index contributed by atoms with van der Waals surface area (Å²) in [6, 6.07) is 5.95. The molecule has 2 aliphatic rings. The zero-order chi connectivity index (χ0) is 14.9. The van der Waals surface area contributed by atoms with Crippen LogP contribution in [0, 0.1) is 5.92 Å². The van der Waals surface area contributed by atoms with E-state index in [9.17, 15) is 4.79 Å². The highest BCUT2D eigenvalue weighted by molar-refractivity contribution is 5.94.